The molecule has 2 heterocycles. The number of fused-ring (bicyclic) bond motifs is 1. The number of hydrogen-bond acceptors (Lipinski definition) is 5. The number of nitrogens with one attached hydrogen (secondary N) is 2. The number of benzene rings is 2. The number of para-hydroxylation sites is 2. The molecule has 194 valence electrons. The maximum absolute atomic E-state index is 13.9. The number of anilines is 2. The van der Waals surface area contributed by atoms with Gasteiger partial charge in [-0.1, -0.05) is 48.3 Å². The molecule has 0 bridgehead atoms. The summed E-state index contributed by atoms with van der Waals surface area (Å²) >= 11 is 12.4. The molecule has 4 rings (SSSR count). The van der Waals surface area contributed by atoms with Gasteiger partial charge in [0, 0.05) is 6.54 Å². The molecule has 2 aliphatic rings. The highest BCUT2D eigenvalue weighted by atomic mass is 35.5. The topological polar surface area (TPSA) is 98.8 Å². The molecule has 2 aliphatic heterocycles. The van der Waals surface area contributed by atoms with Crippen LogP contribution in [0.5, 0.6) is 0 Å². The molecule has 0 aromatic heterocycles. The fourth-order valence-corrected chi connectivity index (χ4v) is 7.23. The summed E-state index contributed by atoms with van der Waals surface area (Å²) in [5, 5.41) is 5.59. The molecule has 1 fully saturated rings. The highest BCUT2D eigenvalue weighted by Crippen LogP contribution is 2.40. The van der Waals surface area contributed by atoms with Crippen molar-refractivity contribution >= 4 is 56.4 Å². The molecule has 1 saturated heterocycles. The second-order valence-corrected chi connectivity index (χ2v) is 12.0. The standard InChI is InChI=1S/C25H30Cl2N4O4S/c1-16(24(32)28-13-10-17-11-14-30(2)15-12-17)23-25(33)29-19-7-3-4-8-20(19)31(23)36(34,35)21-9-5-6-18(26)22(21)27/h3-9,16-17,23H,10-15H2,1-2H3,(H,28,32)(H,29,33). The molecule has 36 heavy (non-hydrogen) atoms. The van der Waals surface area contributed by atoms with Crippen molar-refractivity contribution in [2.45, 2.75) is 37.1 Å². The highest BCUT2D eigenvalue weighted by Gasteiger charge is 2.46. The Kier molecular flexibility index (Phi) is 8.14. The van der Waals surface area contributed by atoms with Crippen molar-refractivity contribution in [1.29, 1.82) is 0 Å². The molecule has 2 aromatic rings. The van der Waals surface area contributed by atoms with Gasteiger partial charge in [0.1, 0.15) is 10.9 Å². The Morgan fingerprint density at radius 3 is 2.56 bits per heavy atom. The number of carbonyl (C=O) groups excluding carboxylic acids is 2. The van der Waals surface area contributed by atoms with E-state index in [4.69, 9.17) is 23.2 Å². The van der Waals surface area contributed by atoms with Gasteiger partial charge >= 0.3 is 0 Å². The van der Waals surface area contributed by atoms with E-state index < -0.39 is 27.9 Å². The zero-order chi connectivity index (χ0) is 26.0. The molecule has 0 saturated carbocycles. The monoisotopic (exact) mass is 552 g/mol. The summed E-state index contributed by atoms with van der Waals surface area (Å²) in [6.45, 7) is 4.10. The average molecular weight is 554 g/mol. The molecule has 2 atom stereocenters. The maximum atomic E-state index is 13.9. The van der Waals surface area contributed by atoms with Crippen molar-refractivity contribution in [3.63, 3.8) is 0 Å². The quantitative estimate of drug-likeness (QED) is 0.541. The summed E-state index contributed by atoms with van der Waals surface area (Å²) in [5.74, 6) is -1.42. The lowest BCUT2D eigenvalue weighted by Gasteiger charge is -2.39. The number of piperidine rings is 1. The van der Waals surface area contributed by atoms with Gasteiger partial charge in [0.05, 0.1) is 27.3 Å². The van der Waals surface area contributed by atoms with Crippen LogP contribution < -0.4 is 14.9 Å². The largest absolute Gasteiger partial charge is 0.356 e. The number of hydrogen-bond donors (Lipinski definition) is 2. The number of halogens is 2. The first-order valence-electron chi connectivity index (χ1n) is 12.0. The number of likely N-dealkylation sites (tertiary alicyclic amines) is 1. The molecule has 2 N–H and O–H groups in total. The number of nitrogens with zero attached hydrogens (tertiary/aromatic N) is 2. The Hall–Kier alpha value is -2.33. The molecule has 0 aliphatic carbocycles. The van der Waals surface area contributed by atoms with Crippen LogP contribution >= 0.6 is 23.2 Å². The highest BCUT2D eigenvalue weighted by molar-refractivity contribution is 7.93. The van der Waals surface area contributed by atoms with Gasteiger partial charge in [-0.25, -0.2) is 8.42 Å². The minimum atomic E-state index is -4.36. The van der Waals surface area contributed by atoms with Crippen LogP contribution in [-0.2, 0) is 19.6 Å². The van der Waals surface area contributed by atoms with Gasteiger partial charge in [-0.15, -0.1) is 0 Å². The molecule has 0 radical (unpaired) electrons. The Morgan fingerprint density at radius 1 is 1.14 bits per heavy atom. The van der Waals surface area contributed by atoms with Crippen molar-refractivity contribution in [2.24, 2.45) is 11.8 Å². The first-order chi connectivity index (χ1) is 17.1. The fraction of sp³-hybridized carbons (Fsp3) is 0.440. The van der Waals surface area contributed by atoms with Crippen LogP contribution in [0, 0.1) is 11.8 Å². The van der Waals surface area contributed by atoms with Gasteiger partial charge in [0.25, 0.3) is 10.0 Å². The number of rotatable bonds is 7. The second kappa shape index (κ2) is 11.0. The molecule has 8 nitrogen and oxygen atoms in total. The molecule has 11 heteroatoms. The van der Waals surface area contributed by atoms with Crippen LogP contribution in [-0.4, -0.2) is 57.9 Å². The zero-order valence-electron chi connectivity index (χ0n) is 20.2. The van der Waals surface area contributed by atoms with Crippen LogP contribution in [0.2, 0.25) is 10.0 Å². The van der Waals surface area contributed by atoms with Gasteiger partial charge in [-0.3, -0.25) is 13.9 Å². The van der Waals surface area contributed by atoms with Gasteiger partial charge in [0.15, 0.2) is 0 Å². The smallest absolute Gasteiger partial charge is 0.266 e. The first kappa shape index (κ1) is 26.7. The molecule has 2 amide bonds. The third-order valence-corrected chi connectivity index (χ3v) is 9.72. The number of carbonyl (C=O) groups is 2. The summed E-state index contributed by atoms with van der Waals surface area (Å²) < 4.78 is 28.8. The lowest BCUT2D eigenvalue weighted by Crippen LogP contribution is -2.57. The fourth-order valence-electron chi connectivity index (χ4n) is 4.79. The zero-order valence-corrected chi connectivity index (χ0v) is 22.5. The Balaban J connectivity index is 1.61. The minimum Gasteiger partial charge on any atom is -0.356 e. The van der Waals surface area contributed by atoms with Crippen LogP contribution in [0.1, 0.15) is 26.2 Å². The van der Waals surface area contributed by atoms with Gasteiger partial charge < -0.3 is 15.5 Å². The van der Waals surface area contributed by atoms with E-state index in [-0.39, 0.29) is 26.5 Å². The van der Waals surface area contributed by atoms with E-state index in [9.17, 15) is 18.0 Å². The van der Waals surface area contributed by atoms with E-state index in [1.807, 2.05) is 0 Å². The van der Waals surface area contributed by atoms with Gasteiger partial charge in [0.2, 0.25) is 11.8 Å². The van der Waals surface area contributed by atoms with E-state index in [2.05, 4.69) is 22.6 Å². The molecule has 2 aromatic carbocycles. The summed E-state index contributed by atoms with van der Waals surface area (Å²) in [6.07, 6.45) is 3.00. The Morgan fingerprint density at radius 2 is 1.83 bits per heavy atom. The molecule has 2 unspecified atom stereocenters. The van der Waals surface area contributed by atoms with E-state index in [0.717, 1.165) is 36.7 Å². The molecule has 0 spiro atoms. The summed E-state index contributed by atoms with van der Waals surface area (Å²) in [6, 6.07) is 9.53. The Labute approximate surface area is 222 Å². The van der Waals surface area contributed by atoms with Crippen molar-refractivity contribution < 1.29 is 18.0 Å². The minimum absolute atomic E-state index is 0.0729. The van der Waals surface area contributed by atoms with Gasteiger partial charge in [-0.05, 0) is 69.6 Å². The van der Waals surface area contributed by atoms with Crippen LogP contribution in [0.15, 0.2) is 47.4 Å². The van der Waals surface area contributed by atoms with E-state index in [1.54, 1.807) is 31.2 Å². The van der Waals surface area contributed by atoms with Crippen molar-refractivity contribution in [3.8, 4) is 0 Å². The molecular weight excluding hydrogens is 523 g/mol. The number of sulfonamides is 1. The summed E-state index contributed by atoms with van der Waals surface area (Å²) in [5.41, 5.74) is 0.583. The normalized spacial score (nSPS) is 19.9. The SMILES string of the molecule is CC(C(=O)NCCC1CCN(C)CC1)C1C(=O)Nc2ccccc2N1S(=O)(=O)c1cccc(Cl)c1Cl. The van der Waals surface area contributed by atoms with Crippen molar-refractivity contribution in [2.75, 3.05) is 36.3 Å². The summed E-state index contributed by atoms with van der Waals surface area (Å²) in [4.78, 5) is 28.4. The van der Waals surface area contributed by atoms with E-state index in [1.165, 1.54) is 18.2 Å². The predicted octanol–water partition coefficient (Wildman–Crippen LogP) is 3.99. The Bertz CT molecular complexity index is 1250. The number of amides is 2. The lowest BCUT2D eigenvalue weighted by molar-refractivity contribution is -0.129. The van der Waals surface area contributed by atoms with Crippen LogP contribution in [0.4, 0.5) is 11.4 Å². The van der Waals surface area contributed by atoms with Gasteiger partial charge in [-0.2, -0.15) is 0 Å². The van der Waals surface area contributed by atoms with Crippen molar-refractivity contribution in [1.82, 2.24) is 10.2 Å². The van der Waals surface area contributed by atoms with E-state index >= 15 is 0 Å². The third-order valence-electron chi connectivity index (χ3n) is 6.95. The second-order valence-electron chi connectivity index (χ2n) is 9.42. The van der Waals surface area contributed by atoms with E-state index in [0.29, 0.717) is 18.2 Å². The van der Waals surface area contributed by atoms with Crippen LogP contribution in [0.25, 0.3) is 0 Å². The molecular formula is C25H30Cl2N4O4S. The summed E-state index contributed by atoms with van der Waals surface area (Å²) in [7, 11) is -2.26. The average Bonchev–Trinajstić information content (AvgIpc) is 2.85. The van der Waals surface area contributed by atoms with Crippen molar-refractivity contribution in [3.05, 3.63) is 52.5 Å². The maximum Gasteiger partial charge on any atom is 0.266 e. The third kappa shape index (κ3) is 5.34. The predicted molar refractivity (Wildman–Crippen MR) is 142 cm³/mol. The van der Waals surface area contributed by atoms with Crippen LogP contribution in [0.3, 0.4) is 0 Å². The first-order valence-corrected chi connectivity index (χ1v) is 14.2. The lowest BCUT2D eigenvalue weighted by atomic mass is 9.93.